The van der Waals surface area contributed by atoms with Gasteiger partial charge in [0.05, 0.1) is 10.5 Å². The van der Waals surface area contributed by atoms with E-state index in [1.807, 2.05) is 31.1 Å². The Morgan fingerprint density at radius 3 is 2.71 bits per heavy atom. The zero-order valence-corrected chi connectivity index (χ0v) is 21.2. The Hall–Kier alpha value is -3.10. The lowest BCUT2D eigenvalue weighted by molar-refractivity contribution is -0.122. The molecule has 2 heterocycles. The number of fused-ring (bicyclic) bond motifs is 1. The second kappa shape index (κ2) is 9.87. The molecule has 4 rings (SSSR count). The molecular formula is C24H26ClN5O4S. The molecule has 9 nitrogen and oxygen atoms in total. The fourth-order valence-corrected chi connectivity index (χ4v) is 6.05. The Labute approximate surface area is 209 Å². The normalized spacial score (nSPS) is 16.2. The van der Waals surface area contributed by atoms with Crippen LogP contribution in [0.5, 0.6) is 5.75 Å². The van der Waals surface area contributed by atoms with Crippen molar-refractivity contribution >= 4 is 44.1 Å². The first-order valence-corrected chi connectivity index (χ1v) is 12.8. The number of nitrogens with zero attached hydrogens (tertiary/aromatic N) is 3. The fraction of sp³-hybridized carbons (Fsp3) is 0.333. The molecule has 2 N–H and O–H groups in total. The van der Waals surface area contributed by atoms with Gasteiger partial charge >= 0.3 is 0 Å². The van der Waals surface area contributed by atoms with Crippen LogP contribution in [0.25, 0.3) is 10.9 Å². The summed E-state index contributed by atoms with van der Waals surface area (Å²) in [5.74, 6) is 0.0655. The molecule has 1 aliphatic rings. The number of sulfonamides is 1. The van der Waals surface area contributed by atoms with Gasteiger partial charge in [0.25, 0.3) is 0 Å². The summed E-state index contributed by atoms with van der Waals surface area (Å²) in [6.07, 6.45) is 0.396. The largest absolute Gasteiger partial charge is 0.491 e. The highest BCUT2D eigenvalue weighted by molar-refractivity contribution is 7.89. The van der Waals surface area contributed by atoms with Crippen LogP contribution in [0.15, 0.2) is 41.3 Å². The Morgan fingerprint density at radius 1 is 1.31 bits per heavy atom. The molecule has 2 aromatic carbocycles. The number of halogens is 1. The van der Waals surface area contributed by atoms with Crippen molar-refractivity contribution in [3.05, 3.63) is 52.7 Å². The van der Waals surface area contributed by atoms with Crippen LogP contribution >= 0.6 is 11.6 Å². The zero-order chi connectivity index (χ0) is 25.3. The highest BCUT2D eigenvalue weighted by Crippen LogP contribution is 2.33. The van der Waals surface area contributed by atoms with E-state index in [0.29, 0.717) is 40.4 Å². The molecule has 3 aromatic rings. The molecule has 0 spiro atoms. The van der Waals surface area contributed by atoms with Gasteiger partial charge in [-0.05, 0) is 69.4 Å². The van der Waals surface area contributed by atoms with Gasteiger partial charge in [-0.15, -0.1) is 0 Å². The van der Waals surface area contributed by atoms with E-state index in [2.05, 4.69) is 10.3 Å². The van der Waals surface area contributed by atoms with Gasteiger partial charge in [0, 0.05) is 24.2 Å². The number of likely N-dealkylation sites (N-methyl/N-ethyl adjacent to an activating group) is 1. The molecule has 1 aromatic heterocycles. The van der Waals surface area contributed by atoms with Crippen molar-refractivity contribution in [3.8, 4) is 11.8 Å². The monoisotopic (exact) mass is 515 g/mol. The molecule has 0 aliphatic carbocycles. The summed E-state index contributed by atoms with van der Waals surface area (Å²) >= 11 is 6.30. The Kier molecular flexibility index (Phi) is 7.05. The number of benzene rings is 2. The number of nitriles is 1. The molecule has 1 amide bonds. The van der Waals surface area contributed by atoms with Crippen LogP contribution in [0.4, 0.5) is 5.69 Å². The van der Waals surface area contributed by atoms with Gasteiger partial charge in [-0.3, -0.25) is 4.79 Å². The molecule has 0 bridgehead atoms. The first-order valence-electron chi connectivity index (χ1n) is 11.0. The number of carbonyl (C=O) groups is 1. The number of amides is 1. The van der Waals surface area contributed by atoms with Crippen LogP contribution in [-0.2, 0) is 14.8 Å². The minimum Gasteiger partial charge on any atom is -0.491 e. The highest BCUT2D eigenvalue weighted by atomic mass is 35.5. The number of H-pyrrole nitrogens is 1. The minimum absolute atomic E-state index is 0.0498. The number of aromatic amines is 1. The number of aryl methyl sites for hydroxylation is 1. The van der Waals surface area contributed by atoms with Gasteiger partial charge in [0.1, 0.15) is 35.1 Å². The number of ether oxygens (including phenoxy) is 1. The second-order valence-corrected chi connectivity index (χ2v) is 11.0. The molecule has 1 atom stereocenters. The smallest absolute Gasteiger partial charge is 0.245 e. The van der Waals surface area contributed by atoms with Crippen LogP contribution in [0.1, 0.15) is 17.7 Å². The van der Waals surface area contributed by atoms with Crippen LogP contribution in [0.2, 0.25) is 5.02 Å². The molecule has 11 heteroatoms. The van der Waals surface area contributed by atoms with Crippen molar-refractivity contribution in [2.24, 2.45) is 0 Å². The van der Waals surface area contributed by atoms with E-state index in [1.54, 1.807) is 37.3 Å². The quantitative estimate of drug-likeness (QED) is 0.475. The Balaban J connectivity index is 1.51. The van der Waals surface area contributed by atoms with Gasteiger partial charge in [-0.1, -0.05) is 11.6 Å². The minimum atomic E-state index is -3.98. The van der Waals surface area contributed by atoms with E-state index < -0.39 is 22.0 Å². The number of anilines is 1. The molecule has 184 valence electrons. The lowest BCUT2D eigenvalue weighted by Gasteiger charge is -2.38. The van der Waals surface area contributed by atoms with Crippen LogP contribution in [-0.4, -0.2) is 68.3 Å². The van der Waals surface area contributed by atoms with Gasteiger partial charge in [-0.2, -0.15) is 9.57 Å². The van der Waals surface area contributed by atoms with Crippen molar-refractivity contribution in [2.75, 3.05) is 39.1 Å². The maximum Gasteiger partial charge on any atom is 0.245 e. The number of rotatable bonds is 8. The molecule has 35 heavy (non-hydrogen) atoms. The first-order chi connectivity index (χ1) is 16.6. The molecule has 0 radical (unpaired) electrons. The van der Waals surface area contributed by atoms with E-state index in [4.69, 9.17) is 16.3 Å². The summed E-state index contributed by atoms with van der Waals surface area (Å²) in [4.78, 5) is 17.9. The third-order valence-corrected chi connectivity index (χ3v) is 8.04. The van der Waals surface area contributed by atoms with E-state index in [1.165, 1.54) is 4.31 Å². The van der Waals surface area contributed by atoms with Crippen LogP contribution in [0.3, 0.4) is 0 Å². The zero-order valence-electron chi connectivity index (χ0n) is 19.6. The van der Waals surface area contributed by atoms with Gasteiger partial charge in [-0.25, -0.2) is 8.42 Å². The van der Waals surface area contributed by atoms with Gasteiger partial charge < -0.3 is 19.9 Å². The summed E-state index contributed by atoms with van der Waals surface area (Å²) < 4.78 is 33.8. The lowest BCUT2D eigenvalue weighted by Crippen LogP contribution is -2.56. The first kappa shape index (κ1) is 25.0. The Morgan fingerprint density at radius 2 is 2.09 bits per heavy atom. The van der Waals surface area contributed by atoms with E-state index >= 15 is 0 Å². The SMILES string of the molecule is Cc1cc(S(=O)(=O)N2CC[C@H]2C(=O)Nc2ccc(OCCN(C)C)c(Cl)c2)c2[nH]c(C#N)cc2c1. The van der Waals surface area contributed by atoms with Gasteiger partial charge in [0.2, 0.25) is 15.9 Å². The molecule has 0 unspecified atom stereocenters. The topological polar surface area (TPSA) is 119 Å². The van der Waals surface area contributed by atoms with Gasteiger partial charge in [0.15, 0.2) is 0 Å². The standard InChI is InChI=1S/C24H26ClN5O4S/c1-15-10-16-12-18(14-26)27-23(16)22(11-15)35(32,33)30-7-6-20(30)24(31)28-17-4-5-21(19(25)13-17)34-9-8-29(2)3/h4-5,10-13,20,27H,6-9H2,1-3H3,(H,28,31)/t20-/m0/s1. The van der Waals surface area contributed by atoms with Crippen molar-refractivity contribution in [2.45, 2.75) is 24.3 Å². The van der Waals surface area contributed by atoms with Crippen LogP contribution in [0, 0.1) is 18.3 Å². The molecular weight excluding hydrogens is 490 g/mol. The number of aromatic nitrogens is 1. The van der Waals surface area contributed by atoms with Crippen LogP contribution < -0.4 is 10.1 Å². The predicted molar refractivity (Wildman–Crippen MR) is 134 cm³/mol. The molecule has 0 saturated carbocycles. The molecule has 1 fully saturated rings. The van der Waals surface area contributed by atoms with Crippen molar-refractivity contribution in [1.82, 2.24) is 14.2 Å². The average molecular weight is 516 g/mol. The van der Waals surface area contributed by atoms with Crippen molar-refractivity contribution < 1.29 is 17.9 Å². The van der Waals surface area contributed by atoms with E-state index in [9.17, 15) is 18.5 Å². The lowest BCUT2D eigenvalue weighted by atomic mass is 10.1. The number of carbonyl (C=O) groups excluding carboxylic acids is 1. The fourth-order valence-electron chi connectivity index (χ4n) is 3.92. The maximum atomic E-state index is 13.5. The second-order valence-electron chi connectivity index (χ2n) is 8.73. The summed E-state index contributed by atoms with van der Waals surface area (Å²) in [5, 5.41) is 12.9. The number of hydrogen-bond acceptors (Lipinski definition) is 6. The molecule has 1 aliphatic heterocycles. The third-order valence-electron chi connectivity index (χ3n) is 5.81. The summed E-state index contributed by atoms with van der Waals surface area (Å²) in [6, 6.07) is 11.0. The average Bonchev–Trinajstić information content (AvgIpc) is 3.16. The summed E-state index contributed by atoms with van der Waals surface area (Å²) in [5.41, 5.74) is 1.81. The summed E-state index contributed by atoms with van der Waals surface area (Å²) in [7, 11) is -0.101. The maximum absolute atomic E-state index is 13.5. The molecule has 1 saturated heterocycles. The summed E-state index contributed by atoms with van der Waals surface area (Å²) in [6.45, 7) is 3.21. The Bertz CT molecular complexity index is 1430. The van der Waals surface area contributed by atoms with E-state index in [0.717, 1.165) is 12.1 Å². The highest BCUT2D eigenvalue weighted by Gasteiger charge is 2.43. The van der Waals surface area contributed by atoms with Crippen molar-refractivity contribution in [1.29, 1.82) is 5.26 Å². The third kappa shape index (κ3) is 5.13. The van der Waals surface area contributed by atoms with Crippen molar-refractivity contribution in [3.63, 3.8) is 0 Å². The predicted octanol–water partition coefficient (Wildman–Crippen LogP) is 3.34. The van der Waals surface area contributed by atoms with E-state index in [-0.39, 0.29) is 17.1 Å². The number of hydrogen-bond donors (Lipinski definition) is 2. The number of nitrogens with one attached hydrogen (secondary N) is 2.